The second-order valence-corrected chi connectivity index (χ2v) is 7.73. The molecule has 2 aliphatic rings. The lowest BCUT2D eigenvalue weighted by molar-refractivity contribution is -0.137. The SMILES string of the molecule is O=C(c1ccco1)N1CCC(C(=O)N2CCC[C@H]2c2cccs2)CC1. The van der Waals surface area contributed by atoms with E-state index in [9.17, 15) is 9.59 Å². The maximum atomic E-state index is 13.0. The van der Waals surface area contributed by atoms with E-state index < -0.39 is 0 Å². The summed E-state index contributed by atoms with van der Waals surface area (Å²) in [5.74, 6) is 0.595. The van der Waals surface area contributed by atoms with Crippen molar-refractivity contribution >= 4 is 23.2 Å². The number of carbonyl (C=O) groups is 2. The van der Waals surface area contributed by atoms with E-state index in [-0.39, 0.29) is 23.8 Å². The molecule has 0 aliphatic carbocycles. The molecule has 2 aliphatic heterocycles. The Morgan fingerprint density at radius 2 is 1.92 bits per heavy atom. The van der Waals surface area contributed by atoms with Gasteiger partial charge in [-0.15, -0.1) is 11.3 Å². The summed E-state index contributed by atoms with van der Waals surface area (Å²) in [7, 11) is 0. The summed E-state index contributed by atoms with van der Waals surface area (Å²) in [6.07, 6.45) is 5.12. The number of hydrogen-bond donors (Lipinski definition) is 0. The Labute approximate surface area is 151 Å². The van der Waals surface area contributed by atoms with E-state index in [0.29, 0.717) is 18.8 Å². The van der Waals surface area contributed by atoms with Gasteiger partial charge in [-0.2, -0.15) is 0 Å². The summed E-state index contributed by atoms with van der Waals surface area (Å²) >= 11 is 1.73. The van der Waals surface area contributed by atoms with E-state index >= 15 is 0 Å². The molecule has 132 valence electrons. The number of likely N-dealkylation sites (tertiary alicyclic amines) is 2. The molecule has 0 spiro atoms. The highest BCUT2D eigenvalue weighted by Gasteiger charge is 2.36. The molecule has 4 rings (SSSR count). The third-order valence-electron chi connectivity index (χ3n) is 5.27. The largest absolute Gasteiger partial charge is 0.459 e. The first-order valence-corrected chi connectivity index (χ1v) is 9.78. The van der Waals surface area contributed by atoms with E-state index in [1.807, 2.05) is 0 Å². The fraction of sp³-hybridized carbons (Fsp3) is 0.474. The highest BCUT2D eigenvalue weighted by molar-refractivity contribution is 7.10. The number of rotatable bonds is 3. The molecule has 2 aromatic rings. The average molecular weight is 358 g/mol. The van der Waals surface area contributed by atoms with Crippen LogP contribution in [0.1, 0.15) is 47.2 Å². The van der Waals surface area contributed by atoms with Gasteiger partial charge in [-0.25, -0.2) is 0 Å². The summed E-state index contributed by atoms with van der Waals surface area (Å²) in [6.45, 7) is 2.09. The van der Waals surface area contributed by atoms with Crippen LogP contribution in [0.4, 0.5) is 0 Å². The Morgan fingerprint density at radius 1 is 1.08 bits per heavy atom. The molecular weight excluding hydrogens is 336 g/mol. The second kappa shape index (κ2) is 7.04. The van der Waals surface area contributed by atoms with Gasteiger partial charge in [0.25, 0.3) is 5.91 Å². The molecule has 0 aromatic carbocycles. The summed E-state index contributed by atoms with van der Waals surface area (Å²) in [4.78, 5) is 30.5. The van der Waals surface area contributed by atoms with E-state index in [1.165, 1.54) is 11.1 Å². The van der Waals surface area contributed by atoms with Crippen molar-refractivity contribution in [2.45, 2.75) is 31.7 Å². The highest BCUT2D eigenvalue weighted by Crippen LogP contribution is 2.36. The second-order valence-electron chi connectivity index (χ2n) is 6.75. The van der Waals surface area contributed by atoms with Gasteiger partial charge < -0.3 is 14.2 Å². The molecule has 2 amide bonds. The van der Waals surface area contributed by atoms with Crippen LogP contribution in [0.25, 0.3) is 0 Å². The molecule has 0 saturated carbocycles. The number of nitrogens with zero attached hydrogens (tertiary/aromatic N) is 2. The fourth-order valence-electron chi connectivity index (χ4n) is 3.93. The molecule has 2 aromatic heterocycles. The molecule has 0 N–H and O–H groups in total. The Morgan fingerprint density at radius 3 is 2.60 bits per heavy atom. The summed E-state index contributed by atoms with van der Waals surface area (Å²) in [5.41, 5.74) is 0. The maximum absolute atomic E-state index is 13.0. The third kappa shape index (κ3) is 3.23. The minimum atomic E-state index is -0.0754. The first kappa shape index (κ1) is 16.4. The lowest BCUT2D eigenvalue weighted by atomic mass is 9.94. The van der Waals surface area contributed by atoms with Gasteiger partial charge >= 0.3 is 0 Å². The van der Waals surface area contributed by atoms with Crippen molar-refractivity contribution in [3.8, 4) is 0 Å². The summed E-state index contributed by atoms with van der Waals surface area (Å²) in [5, 5.41) is 2.08. The van der Waals surface area contributed by atoms with Crippen LogP contribution < -0.4 is 0 Å². The van der Waals surface area contributed by atoms with Crippen molar-refractivity contribution in [1.29, 1.82) is 0 Å². The van der Waals surface area contributed by atoms with Crippen LogP contribution in [-0.2, 0) is 4.79 Å². The van der Waals surface area contributed by atoms with Crippen LogP contribution in [-0.4, -0.2) is 41.2 Å². The highest BCUT2D eigenvalue weighted by atomic mass is 32.1. The van der Waals surface area contributed by atoms with Crippen LogP contribution in [0.15, 0.2) is 40.3 Å². The summed E-state index contributed by atoms with van der Waals surface area (Å²) < 4.78 is 5.19. The van der Waals surface area contributed by atoms with Crippen molar-refractivity contribution in [3.63, 3.8) is 0 Å². The molecule has 0 bridgehead atoms. The molecule has 0 radical (unpaired) electrons. The van der Waals surface area contributed by atoms with Crippen LogP contribution in [0.5, 0.6) is 0 Å². The van der Waals surface area contributed by atoms with Crippen LogP contribution in [0.3, 0.4) is 0 Å². The molecule has 25 heavy (non-hydrogen) atoms. The monoisotopic (exact) mass is 358 g/mol. The number of amides is 2. The van der Waals surface area contributed by atoms with Crippen molar-refractivity contribution in [2.75, 3.05) is 19.6 Å². The van der Waals surface area contributed by atoms with Gasteiger partial charge in [0, 0.05) is 30.4 Å². The van der Waals surface area contributed by atoms with Crippen LogP contribution in [0.2, 0.25) is 0 Å². The predicted octanol–water partition coefficient (Wildman–Crippen LogP) is 3.56. The summed E-state index contributed by atoms with van der Waals surface area (Å²) in [6, 6.07) is 7.85. The van der Waals surface area contributed by atoms with Gasteiger partial charge in [0.15, 0.2) is 5.76 Å². The number of carbonyl (C=O) groups excluding carboxylic acids is 2. The minimum Gasteiger partial charge on any atom is -0.459 e. The Bertz CT molecular complexity index is 718. The number of piperidine rings is 1. The van der Waals surface area contributed by atoms with Crippen molar-refractivity contribution in [2.24, 2.45) is 5.92 Å². The first-order valence-electron chi connectivity index (χ1n) is 8.90. The van der Waals surface area contributed by atoms with E-state index in [2.05, 4.69) is 22.4 Å². The van der Waals surface area contributed by atoms with Gasteiger partial charge in [-0.05, 0) is 49.3 Å². The maximum Gasteiger partial charge on any atom is 0.289 e. The molecular formula is C19H22N2O3S. The third-order valence-corrected chi connectivity index (χ3v) is 6.24. The molecule has 4 heterocycles. The topological polar surface area (TPSA) is 53.8 Å². The van der Waals surface area contributed by atoms with E-state index in [4.69, 9.17) is 4.42 Å². The zero-order valence-electron chi connectivity index (χ0n) is 14.1. The molecule has 0 unspecified atom stereocenters. The Balaban J connectivity index is 1.37. The number of thiophene rings is 1. The lowest BCUT2D eigenvalue weighted by Gasteiger charge is -2.34. The van der Waals surface area contributed by atoms with Gasteiger partial charge in [0.2, 0.25) is 5.91 Å². The van der Waals surface area contributed by atoms with Crippen LogP contribution in [0, 0.1) is 5.92 Å². The molecule has 1 atom stereocenters. The van der Waals surface area contributed by atoms with Crippen molar-refractivity contribution < 1.29 is 14.0 Å². The van der Waals surface area contributed by atoms with Gasteiger partial charge in [0.05, 0.1) is 12.3 Å². The predicted molar refractivity (Wildman–Crippen MR) is 95.3 cm³/mol. The molecule has 5 nitrogen and oxygen atoms in total. The standard InChI is InChI=1S/C19H22N2O3S/c22-18(21-9-1-4-15(21)17-6-3-13-25-17)14-7-10-20(11-8-14)19(23)16-5-2-12-24-16/h2-3,5-6,12-15H,1,4,7-11H2/t15-/m0/s1. The first-order chi connectivity index (χ1) is 12.2. The quantitative estimate of drug-likeness (QED) is 0.843. The fourth-order valence-corrected chi connectivity index (χ4v) is 4.80. The van der Waals surface area contributed by atoms with E-state index in [1.54, 1.807) is 28.4 Å². The lowest BCUT2D eigenvalue weighted by Crippen LogP contribution is -2.44. The average Bonchev–Trinajstić information content (AvgIpc) is 3.42. The number of furan rings is 1. The Hall–Kier alpha value is -2.08. The van der Waals surface area contributed by atoms with Crippen molar-refractivity contribution in [3.05, 3.63) is 46.5 Å². The zero-order valence-corrected chi connectivity index (χ0v) is 14.9. The van der Waals surface area contributed by atoms with E-state index in [0.717, 1.165) is 32.2 Å². The smallest absolute Gasteiger partial charge is 0.289 e. The van der Waals surface area contributed by atoms with Gasteiger partial charge in [-0.3, -0.25) is 9.59 Å². The minimum absolute atomic E-state index is 0.0289. The van der Waals surface area contributed by atoms with Crippen LogP contribution >= 0.6 is 11.3 Å². The number of hydrogen-bond acceptors (Lipinski definition) is 4. The molecule has 2 saturated heterocycles. The Kier molecular flexibility index (Phi) is 4.61. The molecule has 6 heteroatoms. The van der Waals surface area contributed by atoms with Crippen molar-refractivity contribution in [1.82, 2.24) is 9.80 Å². The molecule has 2 fully saturated rings. The normalized spacial score (nSPS) is 21.7. The van der Waals surface area contributed by atoms with Gasteiger partial charge in [-0.1, -0.05) is 6.07 Å². The zero-order chi connectivity index (χ0) is 17.2. The van der Waals surface area contributed by atoms with Gasteiger partial charge in [0.1, 0.15) is 0 Å².